The van der Waals surface area contributed by atoms with Crippen molar-refractivity contribution >= 4 is 0 Å². The summed E-state index contributed by atoms with van der Waals surface area (Å²) in [6.45, 7) is -3.82. The molecule has 156 valence electrons. The van der Waals surface area contributed by atoms with Gasteiger partial charge in [0.15, 0.2) is 13.6 Å². The third-order valence-electron chi connectivity index (χ3n) is 1.83. The third-order valence-corrected chi connectivity index (χ3v) is 1.83. The van der Waals surface area contributed by atoms with Gasteiger partial charge in [0.2, 0.25) is 0 Å². The van der Waals surface area contributed by atoms with Gasteiger partial charge < -0.3 is 14.2 Å². The summed E-state index contributed by atoms with van der Waals surface area (Å²) in [5.41, 5.74) is 0. The van der Waals surface area contributed by atoms with Crippen molar-refractivity contribution < 1.29 is 71.6 Å². The van der Waals surface area contributed by atoms with Crippen LogP contribution in [0, 0.1) is 0 Å². The highest BCUT2D eigenvalue weighted by atomic mass is 19.4. The van der Waals surface area contributed by atoms with E-state index < -0.39 is 50.5 Å². The molecular weight excluding hydrogens is 403 g/mol. The first-order valence-corrected chi connectivity index (χ1v) is 5.05. The van der Waals surface area contributed by atoms with Gasteiger partial charge in [-0.3, -0.25) is 4.70 Å². The van der Waals surface area contributed by atoms with Crippen molar-refractivity contribution in [1.29, 1.82) is 0 Å². The van der Waals surface area contributed by atoms with E-state index in [0.29, 0.717) is 0 Å². The molecule has 0 amide bonds. The highest BCUT2D eigenvalue weighted by Gasteiger charge is 2.59. The van der Waals surface area contributed by atoms with Crippen LogP contribution in [-0.4, -0.2) is 50.5 Å². The largest absolute Gasteiger partial charge is 0.423 e. The maximum atomic E-state index is 11.9. The van der Waals surface area contributed by atoms with Crippen LogP contribution in [0.5, 0.6) is 0 Å². The molecule has 16 heteroatoms. The second kappa shape index (κ2) is 9.61. The number of ether oxygens (including phenoxy) is 3. The zero-order valence-electron chi connectivity index (χ0n) is 10.7. The molecule has 0 aliphatic rings. The van der Waals surface area contributed by atoms with E-state index in [4.69, 9.17) is 0 Å². The molecule has 0 aliphatic carbocycles. The molecule has 0 atom stereocenters. The highest BCUT2D eigenvalue weighted by Crippen LogP contribution is 2.36. The maximum absolute atomic E-state index is 11.9. The Morgan fingerprint density at radius 1 is 0.520 bits per heavy atom. The molecule has 3 nitrogen and oxygen atoms in total. The van der Waals surface area contributed by atoms with Crippen molar-refractivity contribution in [3.8, 4) is 0 Å². The number of rotatable bonds is 6. The average Bonchev–Trinajstić information content (AvgIpc) is 2.19. The quantitative estimate of drug-likeness (QED) is 0.358. The van der Waals surface area contributed by atoms with Gasteiger partial charge in [-0.15, -0.1) is 0 Å². The van der Waals surface area contributed by atoms with Crippen LogP contribution in [0.3, 0.4) is 0 Å². The van der Waals surface area contributed by atoms with Gasteiger partial charge >= 0.3 is 24.7 Å². The smallest absolute Gasteiger partial charge is 0.334 e. The summed E-state index contributed by atoms with van der Waals surface area (Å²) in [5.74, 6) is 0. The third kappa shape index (κ3) is 10.5. The van der Waals surface area contributed by atoms with Crippen molar-refractivity contribution in [3.63, 3.8) is 0 Å². The molecule has 0 radical (unpaired) electrons. The molecular formula is C9H11F13O3. The highest BCUT2D eigenvalue weighted by molar-refractivity contribution is 4.76. The van der Waals surface area contributed by atoms with Crippen LogP contribution in [0.25, 0.3) is 0 Å². The van der Waals surface area contributed by atoms with Crippen LogP contribution >= 0.6 is 0 Å². The second-order valence-corrected chi connectivity index (χ2v) is 3.70. The van der Waals surface area contributed by atoms with Gasteiger partial charge in [0.05, 0.1) is 0 Å². The Hall–Kier alpha value is -1.03. The minimum Gasteiger partial charge on any atom is -0.334 e. The summed E-state index contributed by atoms with van der Waals surface area (Å²) in [5, 5.41) is 0. The fourth-order valence-electron chi connectivity index (χ4n) is 1.02. The van der Waals surface area contributed by atoms with E-state index in [-0.39, 0.29) is 12.1 Å². The van der Waals surface area contributed by atoms with E-state index in [0.717, 1.165) is 0 Å². The first kappa shape index (κ1) is 28.8. The fourth-order valence-corrected chi connectivity index (χ4v) is 1.02. The SMILES string of the molecule is C.F.FC(F)(F)C(OCOCOC(C(F)(F)F)C(F)(F)F)C(F)(F)F. The average molecular weight is 414 g/mol. The summed E-state index contributed by atoms with van der Waals surface area (Å²) in [6.07, 6.45) is -32.3. The zero-order valence-corrected chi connectivity index (χ0v) is 10.7. The lowest BCUT2D eigenvalue weighted by molar-refractivity contribution is -0.354. The van der Waals surface area contributed by atoms with Gasteiger partial charge in [0.1, 0.15) is 0 Å². The van der Waals surface area contributed by atoms with Gasteiger partial charge in [-0.05, 0) is 0 Å². The Kier molecular flexibility index (Phi) is 11.1. The molecule has 25 heavy (non-hydrogen) atoms. The monoisotopic (exact) mass is 414 g/mol. The molecule has 0 fully saturated rings. The zero-order chi connectivity index (χ0) is 18.7. The molecule has 0 rings (SSSR count). The topological polar surface area (TPSA) is 27.7 Å². The van der Waals surface area contributed by atoms with Crippen molar-refractivity contribution in [3.05, 3.63) is 0 Å². The Morgan fingerprint density at radius 2 is 0.720 bits per heavy atom. The Morgan fingerprint density at radius 3 is 0.880 bits per heavy atom. The predicted molar refractivity (Wildman–Crippen MR) is 54.0 cm³/mol. The molecule has 0 bridgehead atoms. The lowest BCUT2D eigenvalue weighted by Gasteiger charge is -2.24. The second-order valence-electron chi connectivity index (χ2n) is 3.70. The lowest BCUT2D eigenvalue weighted by Crippen LogP contribution is -2.45. The maximum Gasteiger partial charge on any atom is 0.423 e. The van der Waals surface area contributed by atoms with Crippen molar-refractivity contribution in [1.82, 2.24) is 0 Å². The normalized spacial score (nSPS) is 13.7. The summed E-state index contributed by atoms with van der Waals surface area (Å²) in [7, 11) is 0. The summed E-state index contributed by atoms with van der Waals surface area (Å²) < 4.78 is 153. The van der Waals surface area contributed by atoms with Crippen molar-refractivity contribution in [2.45, 2.75) is 44.3 Å². The predicted octanol–water partition coefficient (Wildman–Crippen LogP) is 4.73. The molecule has 0 spiro atoms. The number of hydrogen-bond acceptors (Lipinski definition) is 3. The minimum atomic E-state index is -5.91. The molecule has 0 N–H and O–H groups in total. The van der Waals surface area contributed by atoms with Gasteiger partial charge in [0.25, 0.3) is 12.2 Å². The minimum absolute atomic E-state index is 0. The molecule has 0 aromatic heterocycles. The first-order chi connectivity index (χ1) is 9.97. The molecule has 0 aromatic carbocycles. The molecule has 0 aliphatic heterocycles. The van der Waals surface area contributed by atoms with Crippen LogP contribution < -0.4 is 0 Å². The van der Waals surface area contributed by atoms with E-state index in [1.807, 2.05) is 0 Å². The molecule has 0 heterocycles. The van der Waals surface area contributed by atoms with Crippen molar-refractivity contribution in [2.24, 2.45) is 0 Å². The van der Waals surface area contributed by atoms with E-state index in [1.165, 1.54) is 0 Å². The Labute approximate surface area is 131 Å². The molecule has 0 saturated carbocycles. The number of halogens is 13. The fraction of sp³-hybridized carbons (Fsp3) is 1.00. The summed E-state index contributed by atoms with van der Waals surface area (Å²) in [4.78, 5) is 0. The summed E-state index contributed by atoms with van der Waals surface area (Å²) >= 11 is 0. The number of alkyl halides is 12. The summed E-state index contributed by atoms with van der Waals surface area (Å²) in [6, 6.07) is 0. The van der Waals surface area contributed by atoms with Crippen LogP contribution in [0.2, 0.25) is 0 Å². The number of hydrogen-bond donors (Lipinski definition) is 0. The van der Waals surface area contributed by atoms with E-state index in [1.54, 1.807) is 0 Å². The van der Waals surface area contributed by atoms with Crippen LogP contribution in [-0.2, 0) is 14.2 Å². The van der Waals surface area contributed by atoms with Crippen molar-refractivity contribution in [2.75, 3.05) is 13.6 Å². The molecule has 0 unspecified atom stereocenters. The molecule has 0 aromatic rings. The first-order valence-electron chi connectivity index (χ1n) is 5.05. The Balaban J connectivity index is -0.00000242. The van der Waals surface area contributed by atoms with Gasteiger partial charge in [-0.1, -0.05) is 7.43 Å². The Bertz CT molecular complexity index is 294. The van der Waals surface area contributed by atoms with Gasteiger partial charge in [0, 0.05) is 0 Å². The lowest BCUT2D eigenvalue weighted by atomic mass is 10.3. The van der Waals surface area contributed by atoms with E-state index in [2.05, 4.69) is 14.2 Å². The van der Waals surface area contributed by atoms with Gasteiger partial charge in [-0.2, -0.15) is 52.7 Å². The van der Waals surface area contributed by atoms with Crippen LogP contribution in [0.4, 0.5) is 57.4 Å². The van der Waals surface area contributed by atoms with E-state index in [9.17, 15) is 52.7 Å². The standard InChI is InChI=1S/C8H6F12O3.CH4.FH/c9-5(10,11)3(6(12,13)14)22-1-21-2-23-4(7(15,16)17)8(18,19)20;;/h3-4H,1-2H2;1H4;1H. The van der Waals surface area contributed by atoms with Gasteiger partial charge in [-0.25, -0.2) is 0 Å². The van der Waals surface area contributed by atoms with Crippen LogP contribution in [0.15, 0.2) is 0 Å². The van der Waals surface area contributed by atoms with E-state index >= 15 is 0 Å². The molecule has 0 saturated heterocycles. The van der Waals surface area contributed by atoms with Crippen LogP contribution in [0.1, 0.15) is 7.43 Å².